The minimum atomic E-state index is -1.03. The Labute approximate surface area is 120 Å². The Hall–Kier alpha value is -2.07. The van der Waals surface area contributed by atoms with Crippen LogP contribution in [-0.2, 0) is 6.61 Å². The van der Waals surface area contributed by atoms with E-state index in [-0.39, 0.29) is 17.2 Å². The number of carbonyl (C=O) groups is 1. The van der Waals surface area contributed by atoms with Crippen molar-refractivity contribution in [1.29, 1.82) is 0 Å². The number of halogens is 2. The second-order valence-corrected chi connectivity index (χ2v) is 4.64. The zero-order valence-corrected chi connectivity index (χ0v) is 11.4. The van der Waals surface area contributed by atoms with Crippen LogP contribution < -0.4 is 4.74 Å². The molecule has 0 saturated heterocycles. The van der Waals surface area contributed by atoms with E-state index in [0.717, 1.165) is 0 Å². The average molecular weight is 295 g/mol. The Morgan fingerprint density at radius 2 is 2.00 bits per heavy atom. The van der Waals surface area contributed by atoms with Gasteiger partial charge in [0.15, 0.2) is 0 Å². The highest BCUT2D eigenvalue weighted by atomic mass is 35.5. The molecule has 0 unspecified atom stereocenters. The van der Waals surface area contributed by atoms with Crippen LogP contribution in [0.1, 0.15) is 21.5 Å². The summed E-state index contributed by atoms with van der Waals surface area (Å²) in [6.45, 7) is 1.63. The zero-order chi connectivity index (χ0) is 14.7. The van der Waals surface area contributed by atoms with Crippen LogP contribution >= 0.6 is 11.6 Å². The normalized spacial score (nSPS) is 10.3. The third-order valence-corrected chi connectivity index (χ3v) is 3.22. The summed E-state index contributed by atoms with van der Waals surface area (Å²) in [4.78, 5) is 11.0. The van der Waals surface area contributed by atoms with Crippen molar-refractivity contribution >= 4 is 17.6 Å². The van der Waals surface area contributed by atoms with Gasteiger partial charge in [-0.05, 0) is 25.1 Å². The van der Waals surface area contributed by atoms with Gasteiger partial charge in [-0.2, -0.15) is 0 Å². The molecule has 1 N–H and O–H groups in total. The van der Waals surface area contributed by atoms with Gasteiger partial charge in [0.1, 0.15) is 18.2 Å². The molecule has 0 aliphatic heterocycles. The summed E-state index contributed by atoms with van der Waals surface area (Å²) in [5, 5.41) is 9.05. The first-order valence-electron chi connectivity index (χ1n) is 5.89. The molecule has 0 atom stereocenters. The largest absolute Gasteiger partial charge is 0.488 e. The minimum Gasteiger partial charge on any atom is -0.488 e. The summed E-state index contributed by atoms with van der Waals surface area (Å²) in [6, 6.07) is 9.37. The van der Waals surface area contributed by atoms with Crippen LogP contribution in [0, 0.1) is 12.7 Å². The molecule has 0 aliphatic carbocycles. The van der Waals surface area contributed by atoms with Gasteiger partial charge in [0.05, 0.1) is 10.6 Å². The summed E-state index contributed by atoms with van der Waals surface area (Å²) in [5.74, 6) is -1.15. The molecule has 0 amide bonds. The third-order valence-electron chi connectivity index (χ3n) is 2.93. The van der Waals surface area contributed by atoms with E-state index in [1.807, 2.05) is 0 Å². The number of hydrogen-bond acceptors (Lipinski definition) is 2. The van der Waals surface area contributed by atoms with Crippen molar-refractivity contribution < 1.29 is 19.0 Å². The predicted molar refractivity (Wildman–Crippen MR) is 73.9 cm³/mol. The fourth-order valence-electron chi connectivity index (χ4n) is 1.82. The fraction of sp³-hybridized carbons (Fsp3) is 0.133. The lowest BCUT2D eigenvalue weighted by Gasteiger charge is -2.11. The highest BCUT2D eigenvalue weighted by Gasteiger charge is 2.12. The number of rotatable bonds is 4. The van der Waals surface area contributed by atoms with Crippen molar-refractivity contribution in [2.24, 2.45) is 0 Å². The smallest absolute Gasteiger partial charge is 0.336 e. The van der Waals surface area contributed by atoms with Gasteiger partial charge in [-0.3, -0.25) is 0 Å². The minimum absolute atomic E-state index is 0.0176. The van der Waals surface area contributed by atoms with Crippen LogP contribution in [0.3, 0.4) is 0 Å². The van der Waals surface area contributed by atoms with E-state index in [2.05, 4.69) is 0 Å². The average Bonchev–Trinajstić information content (AvgIpc) is 2.41. The molecule has 2 aromatic rings. The maximum Gasteiger partial charge on any atom is 0.336 e. The molecule has 3 nitrogen and oxygen atoms in total. The van der Waals surface area contributed by atoms with Gasteiger partial charge >= 0.3 is 5.97 Å². The molecule has 0 radical (unpaired) electrons. The summed E-state index contributed by atoms with van der Waals surface area (Å²) < 4.78 is 19.2. The van der Waals surface area contributed by atoms with Gasteiger partial charge in [0, 0.05) is 11.1 Å². The molecule has 20 heavy (non-hydrogen) atoms. The van der Waals surface area contributed by atoms with Crippen LogP contribution in [0.2, 0.25) is 5.02 Å². The van der Waals surface area contributed by atoms with E-state index < -0.39 is 11.8 Å². The van der Waals surface area contributed by atoms with Crippen molar-refractivity contribution in [3.8, 4) is 5.75 Å². The first-order valence-corrected chi connectivity index (χ1v) is 6.27. The Morgan fingerprint density at radius 1 is 1.30 bits per heavy atom. The van der Waals surface area contributed by atoms with E-state index in [1.54, 1.807) is 31.2 Å². The van der Waals surface area contributed by atoms with Crippen molar-refractivity contribution in [3.05, 3.63) is 63.9 Å². The molecular formula is C15H12ClFO3. The second-order valence-electron chi connectivity index (χ2n) is 4.24. The van der Waals surface area contributed by atoms with Crippen molar-refractivity contribution in [2.45, 2.75) is 13.5 Å². The van der Waals surface area contributed by atoms with Gasteiger partial charge in [0.2, 0.25) is 0 Å². The van der Waals surface area contributed by atoms with Gasteiger partial charge in [-0.25, -0.2) is 9.18 Å². The van der Waals surface area contributed by atoms with Crippen LogP contribution in [-0.4, -0.2) is 11.1 Å². The lowest BCUT2D eigenvalue weighted by Crippen LogP contribution is -2.04. The number of benzene rings is 2. The van der Waals surface area contributed by atoms with E-state index in [0.29, 0.717) is 16.9 Å². The molecule has 5 heteroatoms. The number of ether oxygens (including phenoxy) is 1. The first kappa shape index (κ1) is 14.3. The van der Waals surface area contributed by atoms with Gasteiger partial charge in [-0.1, -0.05) is 29.8 Å². The van der Waals surface area contributed by atoms with Crippen LogP contribution in [0.5, 0.6) is 5.75 Å². The number of carboxylic acids is 1. The summed E-state index contributed by atoms with van der Waals surface area (Å²) in [6.07, 6.45) is 0. The Bertz CT molecular complexity index is 656. The summed E-state index contributed by atoms with van der Waals surface area (Å²) >= 11 is 5.69. The van der Waals surface area contributed by atoms with E-state index in [1.165, 1.54) is 12.1 Å². The molecule has 0 spiro atoms. The molecule has 0 bridgehead atoms. The van der Waals surface area contributed by atoms with E-state index in [9.17, 15) is 9.18 Å². The number of hydrogen-bond donors (Lipinski definition) is 1. The highest BCUT2D eigenvalue weighted by molar-refractivity contribution is 6.30. The Balaban J connectivity index is 2.21. The fourth-order valence-corrected chi connectivity index (χ4v) is 2.01. The summed E-state index contributed by atoms with van der Waals surface area (Å²) in [7, 11) is 0. The first-order chi connectivity index (χ1) is 9.50. The molecule has 2 rings (SSSR count). The maximum atomic E-state index is 13.7. The SMILES string of the molecule is Cc1c(OCc2cccc(Cl)c2F)cccc1C(=O)O. The lowest BCUT2D eigenvalue weighted by molar-refractivity contribution is 0.0695. The molecule has 0 saturated carbocycles. The third kappa shape index (κ3) is 2.91. The van der Waals surface area contributed by atoms with E-state index in [4.69, 9.17) is 21.4 Å². The van der Waals surface area contributed by atoms with E-state index >= 15 is 0 Å². The quantitative estimate of drug-likeness (QED) is 0.925. The predicted octanol–water partition coefficient (Wildman–Crippen LogP) is 4.06. The standard InChI is InChI=1S/C15H12ClFO3/c1-9-11(15(18)19)5-3-7-13(9)20-8-10-4-2-6-12(16)14(10)17/h2-7H,8H2,1H3,(H,18,19). The molecular weight excluding hydrogens is 283 g/mol. The van der Waals surface area contributed by atoms with Crippen LogP contribution in [0.15, 0.2) is 36.4 Å². The van der Waals surface area contributed by atoms with Crippen molar-refractivity contribution in [3.63, 3.8) is 0 Å². The molecule has 0 aliphatic rings. The Morgan fingerprint density at radius 3 is 2.70 bits per heavy atom. The molecule has 0 aromatic heterocycles. The molecule has 104 valence electrons. The highest BCUT2D eigenvalue weighted by Crippen LogP contribution is 2.24. The van der Waals surface area contributed by atoms with Crippen molar-refractivity contribution in [1.82, 2.24) is 0 Å². The number of carboxylic acid groups (broad SMARTS) is 1. The Kier molecular flexibility index (Phi) is 4.25. The van der Waals surface area contributed by atoms with Gasteiger partial charge in [0.25, 0.3) is 0 Å². The monoisotopic (exact) mass is 294 g/mol. The summed E-state index contributed by atoms with van der Waals surface area (Å²) in [5.41, 5.74) is 0.981. The molecule has 0 fully saturated rings. The lowest BCUT2D eigenvalue weighted by atomic mass is 10.1. The van der Waals surface area contributed by atoms with Gasteiger partial charge in [-0.15, -0.1) is 0 Å². The number of aromatic carboxylic acids is 1. The zero-order valence-electron chi connectivity index (χ0n) is 10.7. The molecule has 2 aromatic carbocycles. The second kappa shape index (κ2) is 5.92. The van der Waals surface area contributed by atoms with Crippen LogP contribution in [0.25, 0.3) is 0 Å². The maximum absolute atomic E-state index is 13.7. The van der Waals surface area contributed by atoms with Gasteiger partial charge < -0.3 is 9.84 Å². The molecule has 0 heterocycles. The topological polar surface area (TPSA) is 46.5 Å². The van der Waals surface area contributed by atoms with Crippen molar-refractivity contribution in [2.75, 3.05) is 0 Å². The van der Waals surface area contributed by atoms with Crippen LogP contribution in [0.4, 0.5) is 4.39 Å².